The fraction of sp³-hybridized carbons (Fsp3) is 0.176. The third-order valence-electron chi connectivity index (χ3n) is 3.77. The number of rotatable bonds is 4. The highest BCUT2D eigenvalue weighted by atomic mass is 16.6. The summed E-state index contributed by atoms with van der Waals surface area (Å²) in [6.07, 6.45) is 0.773. The molecule has 0 saturated heterocycles. The maximum absolute atomic E-state index is 10.7. The van der Waals surface area contributed by atoms with Crippen LogP contribution < -0.4 is 0 Å². The van der Waals surface area contributed by atoms with Gasteiger partial charge in [0.2, 0.25) is 0 Å². The molecule has 0 aliphatic carbocycles. The van der Waals surface area contributed by atoms with Crippen LogP contribution in [0.1, 0.15) is 23.6 Å². The number of nitriles is 1. The molecule has 0 bridgehead atoms. The van der Waals surface area contributed by atoms with Crippen molar-refractivity contribution < 1.29 is 4.92 Å². The number of hydrazone groups is 1. The van der Waals surface area contributed by atoms with E-state index in [0.717, 1.165) is 17.7 Å². The van der Waals surface area contributed by atoms with Gasteiger partial charge in [0.25, 0.3) is 5.69 Å². The van der Waals surface area contributed by atoms with Crippen LogP contribution in [-0.2, 0) is 0 Å². The van der Waals surface area contributed by atoms with Gasteiger partial charge in [-0.2, -0.15) is 10.4 Å². The van der Waals surface area contributed by atoms with Crippen molar-refractivity contribution in [3.8, 4) is 6.07 Å². The van der Waals surface area contributed by atoms with E-state index in [-0.39, 0.29) is 5.69 Å². The topological polar surface area (TPSA) is 82.5 Å². The second kappa shape index (κ2) is 6.28. The van der Waals surface area contributed by atoms with Crippen LogP contribution in [0.25, 0.3) is 0 Å². The highest BCUT2D eigenvalue weighted by Gasteiger charge is 2.25. The molecular weight excluding hydrogens is 292 g/mol. The van der Waals surface area contributed by atoms with Gasteiger partial charge < -0.3 is 0 Å². The van der Waals surface area contributed by atoms with E-state index in [1.807, 2.05) is 30.3 Å². The Kier molecular flexibility index (Phi) is 4.02. The molecule has 1 aliphatic heterocycles. The predicted molar refractivity (Wildman–Crippen MR) is 85.8 cm³/mol. The Bertz CT molecular complexity index is 778. The van der Waals surface area contributed by atoms with Gasteiger partial charge in [0, 0.05) is 25.1 Å². The zero-order valence-corrected chi connectivity index (χ0v) is 12.3. The Labute approximate surface area is 133 Å². The van der Waals surface area contributed by atoms with Crippen LogP contribution >= 0.6 is 0 Å². The highest BCUT2D eigenvalue weighted by molar-refractivity contribution is 6.01. The fourth-order valence-electron chi connectivity index (χ4n) is 2.59. The molecule has 23 heavy (non-hydrogen) atoms. The first-order chi connectivity index (χ1) is 11.2. The number of nitro benzene ring substituents is 1. The van der Waals surface area contributed by atoms with Gasteiger partial charge in [0.15, 0.2) is 6.04 Å². The summed E-state index contributed by atoms with van der Waals surface area (Å²) >= 11 is 0. The first-order valence-corrected chi connectivity index (χ1v) is 7.22. The molecule has 0 radical (unpaired) electrons. The summed E-state index contributed by atoms with van der Waals surface area (Å²) in [7, 11) is 0. The van der Waals surface area contributed by atoms with Crippen LogP contribution in [0.3, 0.4) is 0 Å². The van der Waals surface area contributed by atoms with Crippen LogP contribution in [0.5, 0.6) is 0 Å². The lowest BCUT2D eigenvalue weighted by atomic mass is 10.1. The smallest absolute Gasteiger partial charge is 0.269 e. The maximum atomic E-state index is 10.7. The Hall–Kier alpha value is -3.20. The van der Waals surface area contributed by atoms with Crippen molar-refractivity contribution >= 4 is 11.4 Å². The largest absolute Gasteiger partial charge is 0.275 e. The first kappa shape index (κ1) is 14.7. The molecule has 0 spiro atoms. The molecule has 2 aromatic carbocycles. The molecule has 0 saturated carbocycles. The average molecular weight is 306 g/mol. The highest BCUT2D eigenvalue weighted by Crippen LogP contribution is 2.26. The van der Waals surface area contributed by atoms with Crippen LogP contribution in [0.4, 0.5) is 5.69 Å². The zero-order chi connectivity index (χ0) is 16.2. The van der Waals surface area contributed by atoms with E-state index in [1.165, 1.54) is 12.1 Å². The summed E-state index contributed by atoms with van der Waals surface area (Å²) in [5, 5.41) is 26.5. The van der Waals surface area contributed by atoms with Gasteiger partial charge in [-0.05, 0) is 23.3 Å². The second-order valence-electron chi connectivity index (χ2n) is 5.21. The van der Waals surface area contributed by atoms with Gasteiger partial charge in [0.1, 0.15) is 0 Å². The minimum Gasteiger partial charge on any atom is -0.275 e. The fourth-order valence-corrected chi connectivity index (χ4v) is 2.59. The van der Waals surface area contributed by atoms with E-state index in [4.69, 9.17) is 0 Å². The van der Waals surface area contributed by atoms with Gasteiger partial charge in [-0.3, -0.25) is 15.1 Å². The summed E-state index contributed by atoms with van der Waals surface area (Å²) in [6.45, 7) is 0.652. The molecular formula is C17H14N4O2. The number of benzene rings is 2. The van der Waals surface area contributed by atoms with Gasteiger partial charge >= 0.3 is 0 Å². The average Bonchev–Trinajstić information content (AvgIpc) is 3.06. The van der Waals surface area contributed by atoms with Crippen molar-refractivity contribution in [3.63, 3.8) is 0 Å². The van der Waals surface area contributed by atoms with Crippen LogP contribution in [0, 0.1) is 21.4 Å². The monoisotopic (exact) mass is 306 g/mol. The lowest BCUT2D eigenvalue weighted by Crippen LogP contribution is -2.20. The standard InChI is InChI=1S/C17H14N4O2/c18-12-17(14-6-8-15(9-7-14)21(22)23)20-11-10-16(19-20)13-4-2-1-3-5-13/h1-9,17H,10-11H2/t17-/m0/s1. The van der Waals surface area contributed by atoms with Gasteiger partial charge in [0.05, 0.1) is 16.7 Å². The van der Waals surface area contributed by atoms with E-state index >= 15 is 0 Å². The molecule has 0 aromatic heterocycles. The molecule has 1 atom stereocenters. The van der Waals surface area contributed by atoms with Crippen molar-refractivity contribution in [1.82, 2.24) is 5.01 Å². The van der Waals surface area contributed by atoms with Crippen molar-refractivity contribution in [2.24, 2.45) is 5.10 Å². The number of nitro groups is 1. The van der Waals surface area contributed by atoms with Crippen molar-refractivity contribution in [1.29, 1.82) is 5.26 Å². The normalized spacial score (nSPS) is 14.9. The van der Waals surface area contributed by atoms with Gasteiger partial charge in [-0.25, -0.2) is 0 Å². The molecule has 1 heterocycles. The summed E-state index contributed by atoms with van der Waals surface area (Å²) in [5.74, 6) is 0. The number of hydrogen-bond acceptors (Lipinski definition) is 5. The molecule has 6 heteroatoms. The summed E-state index contributed by atoms with van der Waals surface area (Å²) < 4.78 is 0. The summed E-state index contributed by atoms with van der Waals surface area (Å²) in [4.78, 5) is 10.3. The molecule has 0 amide bonds. The molecule has 114 valence electrons. The number of non-ortho nitro benzene ring substituents is 1. The van der Waals surface area contributed by atoms with Crippen molar-refractivity contribution in [3.05, 3.63) is 75.8 Å². The predicted octanol–water partition coefficient (Wildman–Crippen LogP) is 3.27. The zero-order valence-electron chi connectivity index (χ0n) is 12.3. The summed E-state index contributed by atoms with van der Waals surface area (Å²) in [5.41, 5.74) is 2.72. The van der Waals surface area contributed by atoms with Crippen LogP contribution in [0.15, 0.2) is 59.7 Å². The van der Waals surface area contributed by atoms with E-state index in [1.54, 1.807) is 17.1 Å². The SMILES string of the molecule is N#C[C@@H](c1ccc([N+](=O)[O-])cc1)N1CCC(c2ccccc2)=N1. The van der Waals surface area contributed by atoms with Crippen LogP contribution in [0.2, 0.25) is 0 Å². The summed E-state index contributed by atoms with van der Waals surface area (Å²) in [6, 6.07) is 17.6. The third kappa shape index (κ3) is 3.04. The van der Waals surface area contributed by atoms with Crippen molar-refractivity contribution in [2.75, 3.05) is 6.54 Å². The lowest BCUT2D eigenvalue weighted by Gasteiger charge is -2.20. The molecule has 0 unspecified atom stereocenters. The molecule has 0 fully saturated rings. The Morgan fingerprint density at radius 2 is 1.87 bits per heavy atom. The Morgan fingerprint density at radius 3 is 2.48 bits per heavy atom. The third-order valence-corrected chi connectivity index (χ3v) is 3.77. The van der Waals surface area contributed by atoms with E-state index < -0.39 is 11.0 Å². The molecule has 0 N–H and O–H groups in total. The van der Waals surface area contributed by atoms with Crippen molar-refractivity contribution in [2.45, 2.75) is 12.5 Å². The van der Waals surface area contributed by atoms with Crippen LogP contribution in [-0.4, -0.2) is 22.2 Å². The minimum absolute atomic E-state index is 0.0142. The Balaban J connectivity index is 1.83. The maximum Gasteiger partial charge on any atom is 0.269 e. The second-order valence-corrected chi connectivity index (χ2v) is 5.21. The molecule has 1 aliphatic rings. The first-order valence-electron chi connectivity index (χ1n) is 7.22. The van der Waals surface area contributed by atoms with Gasteiger partial charge in [-0.1, -0.05) is 30.3 Å². The van der Waals surface area contributed by atoms with E-state index in [0.29, 0.717) is 12.1 Å². The quantitative estimate of drug-likeness (QED) is 0.641. The number of hydrogen-bond donors (Lipinski definition) is 0. The minimum atomic E-state index is -0.544. The van der Waals surface area contributed by atoms with E-state index in [9.17, 15) is 15.4 Å². The lowest BCUT2D eigenvalue weighted by molar-refractivity contribution is -0.384. The molecule has 6 nitrogen and oxygen atoms in total. The molecule has 2 aromatic rings. The number of nitrogens with zero attached hydrogens (tertiary/aromatic N) is 4. The van der Waals surface area contributed by atoms with E-state index in [2.05, 4.69) is 11.2 Å². The molecule has 3 rings (SSSR count). The Morgan fingerprint density at radius 1 is 1.17 bits per heavy atom. The van der Waals surface area contributed by atoms with Gasteiger partial charge in [-0.15, -0.1) is 0 Å².